The summed E-state index contributed by atoms with van der Waals surface area (Å²) in [5, 5.41) is 3.26. The van der Waals surface area contributed by atoms with Gasteiger partial charge < -0.3 is 14.6 Å². The van der Waals surface area contributed by atoms with E-state index in [1.165, 1.54) is 0 Å². The van der Waals surface area contributed by atoms with Crippen LogP contribution in [0.3, 0.4) is 0 Å². The van der Waals surface area contributed by atoms with Gasteiger partial charge in [0.25, 0.3) is 0 Å². The smallest absolute Gasteiger partial charge is 0.408 e. The van der Waals surface area contributed by atoms with Crippen LogP contribution in [0.1, 0.15) is 0 Å². The number of rotatable bonds is 3. The molecule has 1 saturated heterocycles. The first-order chi connectivity index (χ1) is 8.22. The van der Waals surface area contributed by atoms with Gasteiger partial charge in [-0.2, -0.15) is 0 Å². The van der Waals surface area contributed by atoms with Gasteiger partial charge in [-0.3, -0.25) is 4.98 Å². The van der Waals surface area contributed by atoms with Crippen molar-refractivity contribution in [1.29, 1.82) is 0 Å². The topological polar surface area (TPSA) is 61.3 Å². The van der Waals surface area contributed by atoms with Crippen molar-refractivity contribution >= 4 is 16.8 Å². The van der Waals surface area contributed by atoms with Crippen LogP contribution in [-0.4, -0.2) is 31.7 Å². The summed E-state index contributed by atoms with van der Waals surface area (Å²) in [7, 11) is 2.07. The summed E-state index contributed by atoms with van der Waals surface area (Å²) in [5.74, 6) is 0.321. The van der Waals surface area contributed by atoms with Crippen molar-refractivity contribution in [2.45, 2.75) is 0 Å². The van der Waals surface area contributed by atoms with Crippen LogP contribution in [0.4, 0.5) is 5.69 Å². The molecule has 2 N–H and O–H groups in total. The van der Waals surface area contributed by atoms with Gasteiger partial charge in [-0.15, -0.1) is 0 Å². The second-order valence-electron chi connectivity index (χ2n) is 4.60. The molecule has 2 heterocycles. The highest BCUT2D eigenvalue weighted by molar-refractivity contribution is 5.77. The van der Waals surface area contributed by atoms with Gasteiger partial charge in [0, 0.05) is 38.3 Å². The third-order valence-corrected chi connectivity index (χ3v) is 3.24. The molecule has 0 radical (unpaired) electrons. The number of oxazole rings is 1. The zero-order valence-electron chi connectivity index (χ0n) is 9.69. The molecule has 0 amide bonds. The third kappa shape index (κ3) is 1.93. The zero-order valence-corrected chi connectivity index (χ0v) is 9.69. The van der Waals surface area contributed by atoms with Gasteiger partial charge in [0.05, 0.1) is 5.52 Å². The number of nitrogens with zero attached hydrogens (tertiary/aromatic N) is 1. The second kappa shape index (κ2) is 3.92. The lowest BCUT2D eigenvalue weighted by atomic mass is 10.0. The van der Waals surface area contributed by atoms with E-state index in [-0.39, 0.29) is 0 Å². The molecule has 3 rings (SSSR count). The minimum atomic E-state index is -0.400. The highest BCUT2D eigenvalue weighted by atomic mass is 16.4. The van der Waals surface area contributed by atoms with Crippen molar-refractivity contribution in [3.05, 3.63) is 28.7 Å². The second-order valence-corrected chi connectivity index (χ2v) is 4.60. The summed E-state index contributed by atoms with van der Waals surface area (Å²) in [4.78, 5) is 15.9. The molecule has 2 aromatic rings. The van der Waals surface area contributed by atoms with Crippen LogP contribution in [0.2, 0.25) is 0 Å². The van der Waals surface area contributed by atoms with Gasteiger partial charge in [-0.25, -0.2) is 4.79 Å². The van der Waals surface area contributed by atoms with E-state index >= 15 is 0 Å². The molecule has 0 unspecified atom stereocenters. The number of benzene rings is 1. The van der Waals surface area contributed by atoms with Crippen LogP contribution in [0, 0.1) is 5.92 Å². The zero-order chi connectivity index (χ0) is 11.8. The quantitative estimate of drug-likeness (QED) is 0.822. The minimum Gasteiger partial charge on any atom is -0.408 e. The summed E-state index contributed by atoms with van der Waals surface area (Å²) in [6, 6.07) is 5.76. The van der Waals surface area contributed by atoms with Crippen molar-refractivity contribution in [3.63, 3.8) is 0 Å². The molecule has 0 spiro atoms. The summed E-state index contributed by atoms with van der Waals surface area (Å²) in [6.07, 6.45) is 0. The molecule has 1 aliphatic rings. The molecule has 1 fully saturated rings. The number of aromatic amines is 1. The first-order valence-electron chi connectivity index (χ1n) is 5.77. The fraction of sp³-hybridized carbons (Fsp3) is 0.417. The Morgan fingerprint density at radius 2 is 2.29 bits per heavy atom. The van der Waals surface area contributed by atoms with Gasteiger partial charge in [-0.05, 0) is 18.2 Å². The molecule has 90 valence electrons. The van der Waals surface area contributed by atoms with Gasteiger partial charge in [-0.1, -0.05) is 0 Å². The summed E-state index contributed by atoms with van der Waals surface area (Å²) in [5.41, 5.74) is 2.46. The fourth-order valence-corrected chi connectivity index (χ4v) is 2.15. The molecule has 0 saturated carbocycles. The summed E-state index contributed by atoms with van der Waals surface area (Å²) in [6.45, 7) is 3.21. The molecule has 17 heavy (non-hydrogen) atoms. The Balaban J connectivity index is 1.85. The van der Waals surface area contributed by atoms with Crippen LogP contribution in [0.25, 0.3) is 11.1 Å². The summed E-state index contributed by atoms with van der Waals surface area (Å²) < 4.78 is 4.98. The molecule has 0 atom stereocenters. The van der Waals surface area contributed by atoms with Gasteiger partial charge >= 0.3 is 5.76 Å². The molecule has 0 bridgehead atoms. The van der Waals surface area contributed by atoms with E-state index < -0.39 is 5.76 Å². The minimum absolute atomic E-state index is 0.400. The molecular formula is C12H15N3O2. The Labute approximate surface area is 98.4 Å². The van der Waals surface area contributed by atoms with Crippen molar-refractivity contribution in [1.82, 2.24) is 10.3 Å². The van der Waals surface area contributed by atoms with Gasteiger partial charge in [0.15, 0.2) is 5.58 Å². The lowest BCUT2D eigenvalue weighted by molar-refractivity contribution is 0.353. The number of anilines is 1. The van der Waals surface area contributed by atoms with E-state index in [0.717, 1.165) is 36.8 Å². The van der Waals surface area contributed by atoms with Crippen LogP contribution < -0.4 is 16.0 Å². The molecule has 1 aliphatic heterocycles. The van der Waals surface area contributed by atoms with Crippen LogP contribution >= 0.6 is 0 Å². The number of H-pyrrole nitrogens is 1. The lowest BCUT2D eigenvalue weighted by Crippen LogP contribution is -2.47. The van der Waals surface area contributed by atoms with Crippen molar-refractivity contribution in [2.24, 2.45) is 5.92 Å². The van der Waals surface area contributed by atoms with Gasteiger partial charge in [0.1, 0.15) is 0 Å². The van der Waals surface area contributed by atoms with E-state index in [1.54, 1.807) is 0 Å². The molecule has 1 aromatic carbocycles. The fourth-order valence-electron chi connectivity index (χ4n) is 2.15. The Bertz CT molecular complexity index is 583. The third-order valence-electron chi connectivity index (χ3n) is 3.24. The highest BCUT2D eigenvalue weighted by Crippen LogP contribution is 2.20. The average Bonchev–Trinajstić information content (AvgIpc) is 2.62. The van der Waals surface area contributed by atoms with Gasteiger partial charge in [0.2, 0.25) is 0 Å². The van der Waals surface area contributed by atoms with E-state index in [9.17, 15) is 4.79 Å². The molecule has 1 aromatic heterocycles. The van der Waals surface area contributed by atoms with Crippen LogP contribution in [0.15, 0.2) is 27.4 Å². The standard InChI is InChI=1S/C12H15N3O2/c1-15(7-8-5-13-6-8)9-2-3-11-10(4-9)14-12(16)17-11/h2-4,8,13H,5-7H2,1H3,(H,14,16). The Morgan fingerprint density at radius 1 is 1.47 bits per heavy atom. The number of aromatic nitrogens is 1. The maximum absolute atomic E-state index is 11.1. The SMILES string of the molecule is CN(CC1CNC1)c1ccc2oc(=O)[nH]c2c1. The van der Waals surface area contributed by atoms with E-state index in [2.05, 4.69) is 22.2 Å². The van der Waals surface area contributed by atoms with E-state index in [1.807, 2.05) is 18.2 Å². The number of nitrogens with one attached hydrogen (secondary N) is 2. The van der Waals surface area contributed by atoms with Crippen LogP contribution in [-0.2, 0) is 0 Å². The lowest BCUT2D eigenvalue weighted by Gasteiger charge is -2.32. The average molecular weight is 233 g/mol. The highest BCUT2D eigenvalue weighted by Gasteiger charge is 2.18. The molecule has 5 nitrogen and oxygen atoms in total. The van der Waals surface area contributed by atoms with E-state index in [4.69, 9.17) is 4.42 Å². The molecule has 0 aliphatic carbocycles. The molecule has 5 heteroatoms. The summed E-state index contributed by atoms with van der Waals surface area (Å²) >= 11 is 0. The van der Waals surface area contributed by atoms with Crippen molar-refractivity contribution in [2.75, 3.05) is 31.6 Å². The monoisotopic (exact) mass is 233 g/mol. The number of hydrogen-bond acceptors (Lipinski definition) is 4. The predicted molar refractivity (Wildman–Crippen MR) is 66.5 cm³/mol. The molecular weight excluding hydrogens is 218 g/mol. The van der Waals surface area contributed by atoms with Crippen LogP contribution in [0.5, 0.6) is 0 Å². The predicted octanol–water partition coefficient (Wildman–Crippen LogP) is 0.777. The van der Waals surface area contributed by atoms with Crippen molar-refractivity contribution < 1.29 is 4.42 Å². The Kier molecular flexibility index (Phi) is 2.40. The Hall–Kier alpha value is -1.75. The normalized spacial score (nSPS) is 16.1. The first kappa shape index (κ1) is 10.4. The number of fused-ring (bicyclic) bond motifs is 1. The first-order valence-corrected chi connectivity index (χ1v) is 5.77. The van der Waals surface area contributed by atoms with Crippen molar-refractivity contribution in [3.8, 4) is 0 Å². The number of hydrogen-bond donors (Lipinski definition) is 2. The Morgan fingerprint density at radius 3 is 3.00 bits per heavy atom. The maximum Gasteiger partial charge on any atom is 0.417 e. The largest absolute Gasteiger partial charge is 0.417 e. The van der Waals surface area contributed by atoms with E-state index in [0.29, 0.717) is 5.58 Å². The maximum atomic E-state index is 11.1.